The van der Waals surface area contributed by atoms with Crippen molar-refractivity contribution in [3.05, 3.63) is 41.2 Å². The van der Waals surface area contributed by atoms with Crippen molar-refractivity contribution < 1.29 is 24.4 Å². The number of thioether (sulfide) groups is 1. The van der Waals surface area contributed by atoms with Gasteiger partial charge in [-0.3, -0.25) is 4.79 Å². The maximum atomic E-state index is 12.4. The Balaban J connectivity index is 1.59. The number of aliphatic hydroxyl groups is 1. The standard InChI is InChI=1S/C20H24N2O4S/c1-12(23)17-14-11-16(18(20(25)26)22(14)19(17)24)27-15-8-4-3-7-13(15)21-9-5-2-6-10-21/h2,5-6,9-10,12-15,17,23H,3-4,7-8,11H2,1H3/t12-,13+,14-,15+,17-/m1/s1. The van der Waals surface area contributed by atoms with Gasteiger partial charge in [0.2, 0.25) is 5.91 Å². The third kappa shape index (κ3) is 3.17. The molecule has 144 valence electrons. The minimum atomic E-state index is -1.29. The van der Waals surface area contributed by atoms with E-state index in [4.69, 9.17) is 0 Å². The summed E-state index contributed by atoms with van der Waals surface area (Å²) in [4.78, 5) is 26.2. The quantitative estimate of drug-likeness (QED) is 0.595. The first kappa shape index (κ1) is 18.5. The average Bonchev–Trinajstić information content (AvgIpc) is 2.97. The number of nitrogens with zero attached hydrogens (tertiary/aromatic N) is 2. The van der Waals surface area contributed by atoms with Gasteiger partial charge in [0.05, 0.1) is 35.0 Å². The lowest BCUT2D eigenvalue weighted by Crippen LogP contribution is -2.62. The third-order valence-corrected chi connectivity index (χ3v) is 7.46. The predicted octanol–water partition coefficient (Wildman–Crippen LogP) is 0.764. The molecular formula is C20H24N2O4S. The van der Waals surface area contributed by atoms with Crippen molar-refractivity contribution in [2.75, 3.05) is 0 Å². The monoisotopic (exact) mass is 388 g/mol. The highest BCUT2D eigenvalue weighted by Gasteiger charge is 2.55. The zero-order chi connectivity index (χ0) is 19.1. The summed E-state index contributed by atoms with van der Waals surface area (Å²) >= 11 is 1.59. The van der Waals surface area contributed by atoms with Crippen molar-refractivity contribution in [2.24, 2.45) is 5.92 Å². The Kier molecular flexibility index (Phi) is 4.99. The lowest BCUT2D eigenvalue weighted by Gasteiger charge is -2.45. The van der Waals surface area contributed by atoms with Gasteiger partial charge in [0.25, 0.3) is 0 Å². The Hall–Kier alpha value is -1.86. The normalized spacial score (nSPS) is 31.5. The molecule has 6 nitrogen and oxygen atoms in total. The van der Waals surface area contributed by atoms with E-state index < -0.39 is 18.0 Å². The molecule has 1 saturated carbocycles. The van der Waals surface area contributed by atoms with E-state index in [0.29, 0.717) is 12.5 Å². The second kappa shape index (κ2) is 7.28. The van der Waals surface area contributed by atoms with Gasteiger partial charge in [-0.25, -0.2) is 4.57 Å². The molecule has 2 aliphatic heterocycles. The van der Waals surface area contributed by atoms with Gasteiger partial charge < -0.3 is 19.9 Å². The molecular weight excluding hydrogens is 364 g/mol. The smallest absolute Gasteiger partial charge is 0.235 e. The van der Waals surface area contributed by atoms with Gasteiger partial charge in [-0.1, -0.05) is 12.5 Å². The molecule has 0 radical (unpaired) electrons. The van der Waals surface area contributed by atoms with Gasteiger partial charge in [-0.15, -0.1) is 11.8 Å². The summed E-state index contributed by atoms with van der Waals surface area (Å²) in [5, 5.41) is 21.9. The first-order valence-electron chi connectivity index (χ1n) is 9.57. The molecule has 1 aromatic rings. The van der Waals surface area contributed by atoms with Crippen LogP contribution in [0.1, 0.15) is 45.1 Å². The molecule has 0 unspecified atom stereocenters. The van der Waals surface area contributed by atoms with Crippen molar-refractivity contribution in [3.8, 4) is 0 Å². The molecule has 3 heterocycles. The van der Waals surface area contributed by atoms with Crippen molar-refractivity contribution in [2.45, 2.75) is 62.5 Å². The summed E-state index contributed by atoms with van der Waals surface area (Å²) in [5.41, 5.74) is 0.0225. The SMILES string of the molecule is C[C@@H](O)[C@H]1C(=O)N2C(C(=O)[O-])=C(S[C@H]3CCCC[C@@H]3[n+]3ccccc3)C[C@H]12. The van der Waals surface area contributed by atoms with Gasteiger partial charge in [-0.2, -0.15) is 0 Å². The summed E-state index contributed by atoms with van der Waals surface area (Å²) in [6, 6.07) is 6.06. The number of aliphatic carboxylic acids is 1. The van der Waals surface area contributed by atoms with Crippen LogP contribution in [0.4, 0.5) is 0 Å². The molecule has 0 bridgehead atoms. The van der Waals surface area contributed by atoms with E-state index in [1.54, 1.807) is 18.7 Å². The number of rotatable bonds is 5. The Labute approximate surface area is 162 Å². The molecule has 0 aromatic carbocycles. The molecule has 1 aromatic heterocycles. The second-order valence-corrected chi connectivity index (χ2v) is 8.97. The number of aromatic nitrogens is 1. The number of hydrogen-bond acceptors (Lipinski definition) is 5. The van der Waals surface area contributed by atoms with E-state index in [1.807, 2.05) is 18.2 Å². The maximum Gasteiger partial charge on any atom is 0.235 e. The van der Waals surface area contributed by atoms with Crippen molar-refractivity contribution in [1.82, 2.24) is 4.90 Å². The molecule has 2 fully saturated rings. The lowest BCUT2D eigenvalue weighted by molar-refractivity contribution is -0.724. The summed E-state index contributed by atoms with van der Waals surface area (Å²) in [6.07, 6.45) is 8.21. The topological polar surface area (TPSA) is 84.5 Å². The predicted molar refractivity (Wildman–Crippen MR) is 98.0 cm³/mol. The van der Waals surface area contributed by atoms with Crippen LogP contribution in [0.2, 0.25) is 0 Å². The number of aliphatic hydroxyl groups excluding tert-OH is 1. The van der Waals surface area contributed by atoms with Crippen molar-refractivity contribution in [3.63, 3.8) is 0 Å². The first-order valence-corrected chi connectivity index (χ1v) is 10.4. The summed E-state index contributed by atoms with van der Waals surface area (Å²) < 4.78 is 2.21. The Morgan fingerprint density at radius 1 is 1.30 bits per heavy atom. The fourth-order valence-corrected chi connectivity index (χ4v) is 6.34. The Bertz CT molecular complexity index is 779. The van der Waals surface area contributed by atoms with Gasteiger partial charge in [0.15, 0.2) is 18.4 Å². The van der Waals surface area contributed by atoms with E-state index in [9.17, 15) is 19.8 Å². The van der Waals surface area contributed by atoms with Crippen LogP contribution >= 0.6 is 11.8 Å². The minimum Gasteiger partial charge on any atom is -0.543 e. The highest BCUT2D eigenvalue weighted by atomic mass is 32.2. The van der Waals surface area contributed by atoms with Crippen LogP contribution < -0.4 is 9.67 Å². The number of carboxylic acid groups (broad SMARTS) is 1. The van der Waals surface area contributed by atoms with E-state index in [0.717, 1.165) is 30.6 Å². The van der Waals surface area contributed by atoms with E-state index >= 15 is 0 Å². The van der Waals surface area contributed by atoms with Crippen LogP contribution in [0.15, 0.2) is 41.2 Å². The number of hydrogen-bond donors (Lipinski definition) is 1. The maximum absolute atomic E-state index is 12.4. The zero-order valence-corrected chi connectivity index (χ0v) is 16.1. The second-order valence-electron chi connectivity index (χ2n) is 7.64. The average molecular weight is 388 g/mol. The van der Waals surface area contributed by atoms with Crippen LogP contribution in [0.3, 0.4) is 0 Å². The van der Waals surface area contributed by atoms with Gasteiger partial charge in [-0.05, 0) is 19.8 Å². The lowest BCUT2D eigenvalue weighted by atomic mass is 9.83. The van der Waals surface area contributed by atoms with E-state index in [1.165, 1.54) is 4.90 Å². The molecule has 4 rings (SSSR count). The Morgan fingerprint density at radius 2 is 2.00 bits per heavy atom. The fourth-order valence-electron chi connectivity index (χ4n) is 4.70. The van der Waals surface area contributed by atoms with Crippen LogP contribution in [-0.4, -0.2) is 39.3 Å². The molecule has 3 aliphatic rings. The molecule has 0 spiro atoms. The van der Waals surface area contributed by atoms with Crippen molar-refractivity contribution >= 4 is 23.6 Å². The number of carboxylic acids is 1. The number of fused-ring (bicyclic) bond motifs is 1. The van der Waals surface area contributed by atoms with Gasteiger partial charge in [0.1, 0.15) is 0 Å². The van der Waals surface area contributed by atoms with Crippen LogP contribution in [0.25, 0.3) is 0 Å². The molecule has 1 saturated heterocycles. The number of carbonyl (C=O) groups excluding carboxylic acids is 2. The first-order chi connectivity index (χ1) is 13.0. The van der Waals surface area contributed by atoms with Crippen LogP contribution in [0.5, 0.6) is 0 Å². The molecule has 7 heteroatoms. The molecule has 1 N–H and O–H groups in total. The Morgan fingerprint density at radius 3 is 2.67 bits per heavy atom. The van der Waals surface area contributed by atoms with Gasteiger partial charge >= 0.3 is 0 Å². The number of pyridine rings is 1. The molecule has 5 atom stereocenters. The number of carbonyl (C=O) groups is 2. The van der Waals surface area contributed by atoms with Crippen LogP contribution in [-0.2, 0) is 9.59 Å². The van der Waals surface area contributed by atoms with Crippen LogP contribution in [0, 0.1) is 5.92 Å². The minimum absolute atomic E-state index is 0.0225. The summed E-state index contributed by atoms with van der Waals surface area (Å²) in [7, 11) is 0. The summed E-state index contributed by atoms with van der Waals surface area (Å²) in [6.45, 7) is 1.59. The van der Waals surface area contributed by atoms with Gasteiger partial charge in [0, 0.05) is 29.9 Å². The molecule has 27 heavy (non-hydrogen) atoms. The number of β-lactam (4-membered cyclic amide) rings is 1. The highest BCUT2D eigenvalue weighted by Crippen LogP contribution is 2.49. The highest BCUT2D eigenvalue weighted by molar-refractivity contribution is 8.03. The van der Waals surface area contributed by atoms with E-state index in [2.05, 4.69) is 17.0 Å². The fraction of sp³-hybridized carbons (Fsp3) is 0.550. The van der Waals surface area contributed by atoms with Crippen molar-refractivity contribution in [1.29, 1.82) is 0 Å². The molecule has 1 aliphatic carbocycles. The van der Waals surface area contributed by atoms with E-state index in [-0.39, 0.29) is 22.9 Å². The third-order valence-electron chi connectivity index (χ3n) is 5.96. The number of amides is 1. The summed E-state index contributed by atoms with van der Waals surface area (Å²) in [5.74, 6) is -2.11. The largest absolute Gasteiger partial charge is 0.543 e. The zero-order valence-electron chi connectivity index (χ0n) is 15.3. The molecule has 1 amide bonds.